The van der Waals surface area contributed by atoms with E-state index in [0.717, 1.165) is 19.5 Å². The average Bonchev–Trinajstić information content (AvgIpc) is 3.00. The standard InChI is InChI=1S/C12H19N3O3/c1-17-8-10-6-11(15-18-10)12(16)14-5-3-9-2-4-13-7-9/h6,9,13H,2-5,7-8H2,1H3,(H,14,16). The maximum atomic E-state index is 11.7. The smallest absolute Gasteiger partial charge is 0.273 e. The topological polar surface area (TPSA) is 76.4 Å². The van der Waals surface area contributed by atoms with Crippen LogP contribution in [0.1, 0.15) is 29.1 Å². The number of carbonyl (C=O) groups excluding carboxylic acids is 1. The van der Waals surface area contributed by atoms with Gasteiger partial charge >= 0.3 is 0 Å². The molecule has 2 N–H and O–H groups in total. The van der Waals surface area contributed by atoms with E-state index >= 15 is 0 Å². The molecule has 0 aromatic carbocycles. The van der Waals surface area contributed by atoms with Gasteiger partial charge in [-0.1, -0.05) is 5.16 Å². The highest BCUT2D eigenvalue weighted by Gasteiger charge is 2.16. The van der Waals surface area contributed by atoms with Crippen LogP contribution in [-0.2, 0) is 11.3 Å². The number of hydrogen-bond acceptors (Lipinski definition) is 5. The van der Waals surface area contributed by atoms with Crippen LogP contribution >= 0.6 is 0 Å². The molecule has 18 heavy (non-hydrogen) atoms. The maximum Gasteiger partial charge on any atom is 0.273 e. The van der Waals surface area contributed by atoms with Gasteiger partial charge in [0.1, 0.15) is 6.61 Å². The molecule has 1 aromatic rings. The Kier molecular flexibility index (Phi) is 4.72. The molecule has 6 nitrogen and oxygen atoms in total. The molecule has 1 amide bonds. The monoisotopic (exact) mass is 253 g/mol. The lowest BCUT2D eigenvalue weighted by atomic mass is 10.1. The zero-order valence-electron chi connectivity index (χ0n) is 10.6. The lowest BCUT2D eigenvalue weighted by Crippen LogP contribution is -2.26. The van der Waals surface area contributed by atoms with Crippen LogP contribution < -0.4 is 10.6 Å². The van der Waals surface area contributed by atoms with E-state index in [1.807, 2.05) is 0 Å². The van der Waals surface area contributed by atoms with E-state index in [2.05, 4.69) is 15.8 Å². The Morgan fingerprint density at radius 2 is 2.61 bits per heavy atom. The lowest BCUT2D eigenvalue weighted by molar-refractivity contribution is 0.0942. The largest absolute Gasteiger partial charge is 0.377 e. The van der Waals surface area contributed by atoms with Gasteiger partial charge in [0, 0.05) is 19.7 Å². The molecule has 2 heterocycles. The first-order valence-corrected chi connectivity index (χ1v) is 6.23. The lowest BCUT2D eigenvalue weighted by Gasteiger charge is -2.07. The quantitative estimate of drug-likeness (QED) is 0.774. The zero-order valence-corrected chi connectivity index (χ0v) is 10.6. The molecule has 6 heteroatoms. The third kappa shape index (κ3) is 3.54. The van der Waals surface area contributed by atoms with Gasteiger partial charge in [0.15, 0.2) is 11.5 Å². The summed E-state index contributed by atoms with van der Waals surface area (Å²) >= 11 is 0. The molecule has 1 saturated heterocycles. The van der Waals surface area contributed by atoms with Crippen molar-refractivity contribution in [1.82, 2.24) is 15.8 Å². The molecule has 1 atom stereocenters. The molecule has 0 saturated carbocycles. The van der Waals surface area contributed by atoms with Crippen LogP contribution in [0.4, 0.5) is 0 Å². The number of rotatable bonds is 6. The van der Waals surface area contributed by atoms with E-state index in [4.69, 9.17) is 9.26 Å². The number of hydrogen-bond donors (Lipinski definition) is 2. The Morgan fingerprint density at radius 3 is 3.33 bits per heavy atom. The second kappa shape index (κ2) is 6.51. The zero-order chi connectivity index (χ0) is 12.8. The van der Waals surface area contributed by atoms with Gasteiger partial charge in [0.05, 0.1) is 0 Å². The minimum Gasteiger partial charge on any atom is -0.377 e. The van der Waals surface area contributed by atoms with Crippen molar-refractivity contribution in [2.45, 2.75) is 19.4 Å². The SMILES string of the molecule is COCc1cc(C(=O)NCCC2CCNC2)no1. The predicted octanol–water partition coefficient (Wildman–Crippen LogP) is 0.550. The van der Waals surface area contributed by atoms with Gasteiger partial charge in [0.2, 0.25) is 0 Å². The third-order valence-corrected chi connectivity index (χ3v) is 3.08. The van der Waals surface area contributed by atoms with E-state index in [9.17, 15) is 4.79 Å². The third-order valence-electron chi connectivity index (χ3n) is 3.08. The van der Waals surface area contributed by atoms with Crippen molar-refractivity contribution >= 4 is 5.91 Å². The molecule has 0 bridgehead atoms. The molecule has 0 spiro atoms. The summed E-state index contributed by atoms with van der Waals surface area (Å²) in [6.45, 7) is 3.14. The first kappa shape index (κ1) is 13.0. The number of nitrogens with one attached hydrogen (secondary N) is 2. The van der Waals surface area contributed by atoms with Gasteiger partial charge in [-0.25, -0.2) is 0 Å². The van der Waals surface area contributed by atoms with E-state index in [1.165, 1.54) is 6.42 Å². The summed E-state index contributed by atoms with van der Waals surface area (Å²) in [4.78, 5) is 11.7. The molecular formula is C12H19N3O3. The van der Waals surface area contributed by atoms with Gasteiger partial charge < -0.3 is 19.9 Å². The van der Waals surface area contributed by atoms with Gasteiger partial charge in [-0.15, -0.1) is 0 Å². The second-order valence-corrected chi connectivity index (χ2v) is 4.51. The average molecular weight is 253 g/mol. The van der Waals surface area contributed by atoms with Crippen molar-refractivity contribution in [2.24, 2.45) is 5.92 Å². The highest BCUT2D eigenvalue weighted by Crippen LogP contribution is 2.11. The highest BCUT2D eigenvalue weighted by molar-refractivity contribution is 5.92. The van der Waals surface area contributed by atoms with Gasteiger partial charge in [0.25, 0.3) is 5.91 Å². The number of aromatic nitrogens is 1. The molecule has 1 aromatic heterocycles. The molecule has 1 aliphatic rings. The molecule has 0 radical (unpaired) electrons. The molecule has 1 aliphatic heterocycles. The van der Waals surface area contributed by atoms with Gasteiger partial charge in [-0.3, -0.25) is 4.79 Å². The van der Waals surface area contributed by atoms with Crippen LogP contribution in [0.15, 0.2) is 10.6 Å². The number of amides is 1. The van der Waals surface area contributed by atoms with Crippen LogP contribution in [0.2, 0.25) is 0 Å². The van der Waals surface area contributed by atoms with Crippen molar-refractivity contribution in [1.29, 1.82) is 0 Å². The summed E-state index contributed by atoms with van der Waals surface area (Å²) in [6.07, 6.45) is 2.19. The van der Waals surface area contributed by atoms with Crippen LogP contribution in [-0.4, -0.2) is 37.8 Å². The van der Waals surface area contributed by atoms with Crippen molar-refractivity contribution < 1.29 is 14.1 Å². The highest BCUT2D eigenvalue weighted by atomic mass is 16.5. The first-order chi connectivity index (χ1) is 8.79. The Hall–Kier alpha value is -1.40. The van der Waals surface area contributed by atoms with Crippen molar-refractivity contribution in [2.75, 3.05) is 26.7 Å². The number of methoxy groups -OCH3 is 1. The summed E-state index contributed by atoms with van der Waals surface area (Å²) in [5.41, 5.74) is 0.312. The van der Waals surface area contributed by atoms with Crippen molar-refractivity contribution in [3.63, 3.8) is 0 Å². The van der Waals surface area contributed by atoms with Crippen LogP contribution in [0.3, 0.4) is 0 Å². The molecule has 1 fully saturated rings. The molecule has 100 valence electrons. The van der Waals surface area contributed by atoms with Gasteiger partial charge in [-0.2, -0.15) is 0 Å². The molecule has 0 aliphatic carbocycles. The summed E-state index contributed by atoms with van der Waals surface area (Å²) in [6, 6.07) is 1.61. The molecule has 1 unspecified atom stereocenters. The first-order valence-electron chi connectivity index (χ1n) is 6.23. The molecular weight excluding hydrogens is 234 g/mol. The van der Waals surface area contributed by atoms with E-state index in [-0.39, 0.29) is 5.91 Å². The summed E-state index contributed by atoms with van der Waals surface area (Å²) in [5, 5.41) is 9.86. The summed E-state index contributed by atoms with van der Waals surface area (Å²) in [5.74, 6) is 1.04. The Labute approximate surface area is 106 Å². The van der Waals surface area contributed by atoms with E-state index < -0.39 is 0 Å². The minimum absolute atomic E-state index is 0.188. The number of nitrogens with zero attached hydrogens (tertiary/aromatic N) is 1. The predicted molar refractivity (Wildman–Crippen MR) is 65.1 cm³/mol. The fourth-order valence-corrected chi connectivity index (χ4v) is 2.07. The number of ether oxygens (including phenoxy) is 1. The minimum atomic E-state index is -0.188. The normalized spacial score (nSPS) is 19.1. The van der Waals surface area contributed by atoms with Crippen molar-refractivity contribution in [3.8, 4) is 0 Å². The fourth-order valence-electron chi connectivity index (χ4n) is 2.07. The van der Waals surface area contributed by atoms with Gasteiger partial charge in [-0.05, 0) is 31.8 Å². The van der Waals surface area contributed by atoms with E-state index in [1.54, 1.807) is 13.2 Å². The fraction of sp³-hybridized carbons (Fsp3) is 0.667. The van der Waals surface area contributed by atoms with Crippen LogP contribution in [0.5, 0.6) is 0 Å². The molecule has 2 rings (SSSR count). The Balaban J connectivity index is 1.72. The van der Waals surface area contributed by atoms with Crippen LogP contribution in [0, 0.1) is 5.92 Å². The summed E-state index contributed by atoms with van der Waals surface area (Å²) in [7, 11) is 1.57. The van der Waals surface area contributed by atoms with Crippen molar-refractivity contribution in [3.05, 3.63) is 17.5 Å². The summed E-state index contributed by atoms with van der Waals surface area (Å²) < 4.78 is 9.86. The Bertz CT molecular complexity index is 386. The van der Waals surface area contributed by atoms with E-state index in [0.29, 0.717) is 30.5 Å². The second-order valence-electron chi connectivity index (χ2n) is 4.51. The number of carbonyl (C=O) groups is 1. The maximum absolute atomic E-state index is 11.7. The van der Waals surface area contributed by atoms with Crippen LogP contribution in [0.25, 0.3) is 0 Å². The Morgan fingerprint density at radius 1 is 1.72 bits per heavy atom.